The molecule has 1 aliphatic rings. The summed E-state index contributed by atoms with van der Waals surface area (Å²) >= 11 is 0. The number of aromatic amines is 2. The number of rotatable bonds is 4. The molecule has 1 atom stereocenters. The van der Waals surface area contributed by atoms with Crippen LogP contribution in [0.15, 0.2) is 43.0 Å². The summed E-state index contributed by atoms with van der Waals surface area (Å²) in [4.78, 5) is 35.1. The summed E-state index contributed by atoms with van der Waals surface area (Å²) < 4.78 is 41.0. The largest absolute Gasteiger partial charge is 0.418 e. The van der Waals surface area contributed by atoms with E-state index in [2.05, 4.69) is 25.5 Å². The second-order valence-electron chi connectivity index (χ2n) is 8.52. The Balaban J connectivity index is 1.38. The molecule has 5 rings (SSSR count). The van der Waals surface area contributed by atoms with Crippen LogP contribution in [0.2, 0.25) is 0 Å². The van der Waals surface area contributed by atoms with Crippen LogP contribution < -0.4 is 5.32 Å². The number of aryl methyl sites for hydroxylation is 1. The van der Waals surface area contributed by atoms with Crippen LogP contribution in [0.1, 0.15) is 57.4 Å². The molecule has 1 unspecified atom stereocenters. The summed E-state index contributed by atoms with van der Waals surface area (Å²) in [6.07, 6.45) is 3.02. The number of amides is 2. The van der Waals surface area contributed by atoms with Gasteiger partial charge in [0.15, 0.2) is 5.82 Å². The second-order valence-corrected chi connectivity index (χ2v) is 8.52. The summed E-state index contributed by atoms with van der Waals surface area (Å²) in [6.45, 7) is 0.520. The molecular weight excluding hydrogens is 463 g/mol. The molecule has 182 valence electrons. The average molecular weight is 485 g/mol. The van der Waals surface area contributed by atoms with Gasteiger partial charge in [-0.3, -0.25) is 19.7 Å². The van der Waals surface area contributed by atoms with Crippen molar-refractivity contribution in [3.8, 4) is 0 Å². The van der Waals surface area contributed by atoms with Crippen molar-refractivity contribution in [3.05, 3.63) is 65.5 Å². The highest BCUT2D eigenvalue weighted by molar-refractivity contribution is 6.05. The van der Waals surface area contributed by atoms with E-state index >= 15 is 0 Å². The van der Waals surface area contributed by atoms with E-state index in [9.17, 15) is 22.8 Å². The van der Waals surface area contributed by atoms with Crippen molar-refractivity contribution >= 4 is 28.5 Å². The number of fused-ring (bicyclic) bond motifs is 1. The first-order valence-corrected chi connectivity index (χ1v) is 11.1. The Kier molecular flexibility index (Phi) is 5.58. The number of carbonyl (C=O) groups is 2. The molecule has 12 heteroatoms. The zero-order chi connectivity index (χ0) is 24.7. The SMILES string of the molecule is Cn1cc(C(=O)Nc2cc(C3CCCCN3C(=O)c3nccc4[nH]ccc34)[nH]n2)c(C(F)(F)F)c1. The maximum absolute atomic E-state index is 13.4. The third-order valence-corrected chi connectivity index (χ3v) is 6.15. The highest BCUT2D eigenvalue weighted by Crippen LogP contribution is 2.34. The molecule has 1 fully saturated rings. The lowest BCUT2D eigenvalue weighted by Crippen LogP contribution is -2.39. The molecular formula is C23H22F3N7O2. The molecule has 0 saturated carbocycles. The lowest BCUT2D eigenvalue weighted by Gasteiger charge is -2.35. The maximum Gasteiger partial charge on any atom is 0.418 e. The van der Waals surface area contributed by atoms with E-state index in [-0.39, 0.29) is 17.8 Å². The topological polar surface area (TPSA) is 112 Å². The highest BCUT2D eigenvalue weighted by atomic mass is 19.4. The van der Waals surface area contributed by atoms with Crippen LogP contribution in [0.25, 0.3) is 10.9 Å². The summed E-state index contributed by atoms with van der Waals surface area (Å²) in [5.74, 6) is -1.07. The Morgan fingerprint density at radius 3 is 2.83 bits per heavy atom. The lowest BCUT2D eigenvalue weighted by molar-refractivity contribution is -0.137. The molecule has 9 nitrogen and oxygen atoms in total. The van der Waals surface area contributed by atoms with E-state index in [1.165, 1.54) is 11.6 Å². The predicted octanol–water partition coefficient (Wildman–Crippen LogP) is 4.26. The number of aromatic nitrogens is 5. The normalized spacial score (nSPS) is 16.6. The smallest absolute Gasteiger partial charge is 0.361 e. The fourth-order valence-corrected chi connectivity index (χ4v) is 4.53. The van der Waals surface area contributed by atoms with E-state index in [4.69, 9.17) is 0 Å². The van der Waals surface area contributed by atoms with Gasteiger partial charge in [-0.25, -0.2) is 0 Å². The minimum atomic E-state index is -4.66. The molecule has 0 aliphatic carbocycles. The summed E-state index contributed by atoms with van der Waals surface area (Å²) in [5.41, 5.74) is 0.210. The number of H-pyrrole nitrogens is 2. The number of hydrogen-bond donors (Lipinski definition) is 3. The van der Waals surface area contributed by atoms with E-state index in [0.29, 0.717) is 24.4 Å². The Labute approximate surface area is 197 Å². The molecule has 1 aliphatic heterocycles. The van der Waals surface area contributed by atoms with Crippen molar-refractivity contribution in [3.63, 3.8) is 0 Å². The van der Waals surface area contributed by atoms with Crippen LogP contribution in [0.5, 0.6) is 0 Å². The standard InChI is InChI=1S/C23H22F3N7O2/c1-32-11-14(15(12-32)23(24,25)26)21(34)29-19-10-17(30-31-19)18-4-2-3-9-33(18)22(35)20-13-5-7-27-16(13)6-8-28-20/h5-8,10-12,18,27H,2-4,9H2,1H3,(H2,29,30,31,34). The van der Waals surface area contributed by atoms with Gasteiger partial charge in [-0.2, -0.15) is 18.3 Å². The monoisotopic (exact) mass is 485 g/mol. The van der Waals surface area contributed by atoms with E-state index in [0.717, 1.165) is 36.1 Å². The molecule has 0 aromatic carbocycles. The number of alkyl halides is 3. The number of nitrogens with one attached hydrogen (secondary N) is 3. The fraction of sp³-hybridized carbons (Fsp3) is 0.304. The van der Waals surface area contributed by atoms with Gasteiger partial charge in [-0.15, -0.1) is 0 Å². The zero-order valence-corrected chi connectivity index (χ0v) is 18.7. The molecule has 0 bridgehead atoms. The van der Waals surface area contributed by atoms with Gasteiger partial charge in [0.2, 0.25) is 0 Å². The average Bonchev–Trinajstić information content (AvgIpc) is 3.57. The van der Waals surface area contributed by atoms with Gasteiger partial charge in [0.05, 0.1) is 22.9 Å². The van der Waals surface area contributed by atoms with Gasteiger partial charge in [0, 0.05) is 55.3 Å². The van der Waals surface area contributed by atoms with Crippen molar-refractivity contribution in [2.45, 2.75) is 31.5 Å². The van der Waals surface area contributed by atoms with E-state index in [1.54, 1.807) is 35.5 Å². The van der Waals surface area contributed by atoms with E-state index in [1.807, 2.05) is 0 Å². The Bertz CT molecular complexity index is 1400. The Morgan fingerprint density at radius 1 is 1.20 bits per heavy atom. The van der Waals surface area contributed by atoms with Gasteiger partial charge in [0.25, 0.3) is 11.8 Å². The summed E-state index contributed by atoms with van der Waals surface area (Å²) in [5, 5.41) is 10.0. The first kappa shape index (κ1) is 22.7. The second kappa shape index (κ2) is 8.60. The number of carbonyl (C=O) groups excluding carboxylic acids is 2. The minimum Gasteiger partial charge on any atom is -0.361 e. The number of anilines is 1. The van der Waals surface area contributed by atoms with Crippen molar-refractivity contribution in [2.75, 3.05) is 11.9 Å². The van der Waals surface area contributed by atoms with Crippen molar-refractivity contribution in [2.24, 2.45) is 7.05 Å². The molecule has 3 N–H and O–H groups in total. The predicted molar refractivity (Wildman–Crippen MR) is 121 cm³/mol. The molecule has 0 spiro atoms. The van der Waals surface area contributed by atoms with Crippen molar-refractivity contribution in [1.82, 2.24) is 29.6 Å². The quantitative estimate of drug-likeness (QED) is 0.401. The van der Waals surface area contributed by atoms with Crippen molar-refractivity contribution in [1.29, 1.82) is 0 Å². The zero-order valence-electron chi connectivity index (χ0n) is 18.7. The molecule has 2 amide bonds. The first-order valence-electron chi connectivity index (χ1n) is 11.1. The molecule has 4 aromatic heterocycles. The molecule has 1 saturated heterocycles. The summed E-state index contributed by atoms with van der Waals surface area (Å²) in [7, 11) is 1.41. The molecule has 0 radical (unpaired) electrons. The van der Waals surface area contributed by atoms with Crippen molar-refractivity contribution < 1.29 is 22.8 Å². The first-order chi connectivity index (χ1) is 16.7. The van der Waals surface area contributed by atoms with Gasteiger partial charge in [0.1, 0.15) is 5.69 Å². The van der Waals surface area contributed by atoms with Gasteiger partial charge in [-0.05, 0) is 31.4 Å². The fourth-order valence-electron chi connectivity index (χ4n) is 4.53. The van der Waals surface area contributed by atoms with Crippen LogP contribution >= 0.6 is 0 Å². The van der Waals surface area contributed by atoms with Gasteiger partial charge >= 0.3 is 6.18 Å². The Morgan fingerprint density at radius 2 is 2.03 bits per heavy atom. The Hall–Kier alpha value is -4.09. The van der Waals surface area contributed by atoms with Crippen LogP contribution in [-0.2, 0) is 13.2 Å². The number of nitrogens with zero attached hydrogens (tertiary/aromatic N) is 4. The molecule has 35 heavy (non-hydrogen) atoms. The number of hydrogen-bond acceptors (Lipinski definition) is 4. The minimum absolute atomic E-state index is 0.0748. The third-order valence-electron chi connectivity index (χ3n) is 6.15. The third kappa shape index (κ3) is 4.27. The molecule has 5 heterocycles. The van der Waals surface area contributed by atoms with Crippen LogP contribution in [0, 0.1) is 0 Å². The summed E-state index contributed by atoms with van der Waals surface area (Å²) in [6, 6.07) is 4.81. The van der Waals surface area contributed by atoms with Gasteiger partial charge in [-0.1, -0.05) is 0 Å². The number of piperidine rings is 1. The lowest BCUT2D eigenvalue weighted by atomic mass is 9.98. The van der Waals surface area contributed by atoms with Crippen LogP contribution in [-0.4, -0.2) is 48.0 Å². The van der Waals surface area contributed by atoms with Crippen LogP contribution in [0.4, 0.5) is 19.0 Å². The van der Waals surface area contributed by atoms with Crippen LogP contribution in [0.3, 0.4) is 0 Å². The number of likely N-dealkylation sites (tertiary alicyclic amines) is 1. The highest BCUT2D eigenvalue weighted by Gasteiger charge is 2.37. The van der Waals surface area contributed by atoms with E-state index < -0.39 is 23.2 Å². The molecule has 4 aromatic rings. The van der Waals surface area contributed by atoms with Gasteiger partial charge < -0.3 is 19.8 Å². The number of halogens is 3. The maximum atomic E-state index is 13.4. The number of pyridine rings is 1.